The predicted molar refractivity (Wildman–Crippen MR) is 103 cm³/mol. The average Bonchev–Trinajstić information content (AvgIpc) is 3.18. The summed E-state index contributed by atoms with van der Waals surface area (Å²) in [6.07, 6.45) is 3.83. The van der Waals surface area contributed by atoms with Crippen molar-refractivity contribution in [1.29, 1.82) is 0 Å². The Balaban J connectivity index is 1.48. The van der Waals surface area contributed by atoms with Crippen LogP contribution in [0.3, 0.4) is 0 Å². The molecule has 2 atom stereocenters. The van der Waals surface area contributed by atoms with Gasteiger partial charge in [0.25, 0.3) is 5.91 Å². The van der Waals surface area contributed by atoms with Gasteiger partial charge in [0, 0.05) is 19.4 Å². The molecule has 0 fully saturated rings. The van der Waals surface area contributed by atoms with Gasteiger partial charge in [-0.1, -0.05) is 19.1 Å². The van der Waals surface area contributed by atoms with Crippen molar-refractivity contribution in [3.63, 3.8) is 0 Å². The maximum Gasteiger partial charge on any atom is 0.309 e. The second-order valence-electron chi connectivity index (χ2n) is 7.16. The third-order valence-electron chi connectivity index (χ3n) is 4.97. The van der Waals surface area contributed by atoms with Crippen LogP contribution >= 0.6 is 0 Å². The molecular formula is C20H19FN6O3. The van der Waals surface area contributed by atoms with E-state index in [9.17, 15) is 14.0 Å². The molecule has 0 radical (unpaired) electrons. The molecule has 4 rings (SSSR count). The number of benzene rings is 1. The smallest absolute Gasteiger partial charge is 0.309 e. The number of halogens is 1. The maximum atomic E-state index is 13.0. The first-order valence-corrected chi connectivity index (χ1v) is 9.37. The topological polar surface area (TPSA) is 114 Å². The SMILES string of the molecule is C[C@@H]1Cc2nccnc2N(C)C(=O)[C@@H]1NC(=O)c1nnc(Cc2ccc(F)cc2)o1. The lowest BCUT2D eigenvalue weighted by atomic mass is 9.97. The molecule has 30 heavy (non-hydrogen) atoms. The minimum absolute atomic E-state index is 0.213. The van der Waals surface area contributed by atoms with Gasteiger partial charge < -0.3 is 9.73 Å². The molecule has 0 unspecified atom stereocenters. The summed E-state index contributed by atoms with van der Waals surface area (Å²) in [6.45, 7) is 1.86. The van der Waals surface area contributed by atoms with Crippen molar-refractivity contribution in [3.8, 4) is 0 Å². The number of hydrogen-bond donors (Lipinski definition) is 1. The van der Waals surface area contributed by atoms with E-state index in [4.69, 9.17) is 4.42 Å². The summed E-state index contributed by atoms with van der Waals surface area (Å²) in [5.41, 5.74) is 1.45. The fourth-order valence-corrected chi connectivity index (χ4v) is 3.36. The van der Waals surface area contributed by atoms with Gasteiger partial charge in [0.05, 0.1) is 12.1 Å². The normalized spacial score (nSPS) is 18.6. The Morgan fingerprint density at radius 2 is 1.97 bits per heavy atom. The van der Waals surface area contributed by atoms with Gasteiger partial charge in [-0.2, -0.15) is 0 Å². The summed E-state index contributed by atoms with van der Waals surface area (Å²) in [4.78, 5) is 35.5. The third-order valence-corrected chi connectivity index (χ3v) is 4.97. The molecule has 1 aliphatic heterocycles. The first-order valence-electron chi connectivity index (χ1n) is 9.37. The second kappa shape index (κ2) is 7.97. The summed E-state index contributed by atoms with van der Waals surface area (Å²) < 4.78 is 18.5. The largest absolute Gasteiger partial charge is 0.417 e. The van der Waals surface area contributed by atoms with Crippen molar-refractivity contribution in [2.24, 2.45) is 5.92 Å². The predicted octanol–water partition coefficient (Wildman–Crippen LogP) is 1.54. The number of hydrogen-bond acceptors (Lipinski definition) is 7. The van der Waals surface area contributed by atoms with E-state index in [0.717, 1.165) is 5.56 Å². The van der Waals surface area contributed by atoms with Crippen LogP contribution in [0.5, 0.6) is 0 Å². The summed E-state index contributed by atoms with van der Waals surface area (Å²) in [6, 6.07) is 5.06. The Bertz CT molecular complexity index is 1080. The molecule has 0 saturated heterocycles. The van der Waals surface area contributed by atoms with E-state index in [1.807, 2.05) is 6.92 Å². The zero-order valence-corrected chi connectivity index (χ0v) is 16.4. The van der Waals surface area contributed by atoms with E-state index in [0.29, 0.717) is 17.9 Å². The van der Waals surface area contributed by atoms with Gasteiger partial charge in [-0.25, -0.2) is 9.37 Å². The van der Waals surface area contributed by atoms with Gasteiger partial charge in [-0.15, -0.1) is 10.2 Å². The van der Waals surface area contributed by atoms with Crippen molar-refractivity contribution in [2.45, 2.75) is 25.8 Å². The first kappa shape index (κ1) is 19.6. The van der Waals surface area contributed by atoms with Gasteiger partial charge in [0.1, 0.15) is 11.9 Å². The van der Waals surface area contributed by atoms with E-state index in [-0.39, 0.29) is 35.8 Å². The Morgan fingerprint density at radius 1 is 1.23 bits per heavy atom. The number of nitrogens with zero attached hydrogens (tertiary/aromatic N) is 5. The summed E-state index contributed by atoms with van der Waals surface area (Å²) in [5, 5.41) is 10.3. The number of fused-ring (bicyclic) bond motifs is 1. The van der Waals surface area contributed by atoms with Gasteiger partial charge in [0.2, 0.25) is 5.89 Å². The molecule has 9 nitrogen and oxygen atoms in total. The minimum Gasteiger partial charge on any atom is -0.417 e. The van der Waals surface area contributed by atoms with Crippen molar-refractivity contribution in [2.75, 3.05) is 11.9 Å². The van der Waals surface area contributed by atoms with Crippen LogP contribution in [0.1, 0.15) is 34.8 Å². The molecule has 1 aromatic carbocycles. The Hall–Kier alpha value is -3.69. The lowest BCUT2D eigenvalue weighted by molar-refractivity contribution is -0.121. The van der Waals surface area contributed by atoms with Crippen LogP contribution in [0.4, 0.5) is 10.2 Å². The zero-order chi connectivity index (χ0) is 21.3. The van der Waals surface area contributed by atoms with Crippen molar-refractivity contribution in [3.05, 3.63) is 65.5 Å². The Morgan fingerprint density at radius 3 is 2.73 bits per heavy atom. The van der Waals surface area contributed by atoms with Crippen LogP contribution < -0.4 is 10.2 Å². The molecule has 2 amide bonds. The highest BCUT2D eigenvalue weighted by Crippen LogP contribution is 2.25. The summed E-state index contributed by atoms with van der Waals surface area (Å²) in [5.74, 6) is -1.06. The molecule has 0 bridgehead atoms. The van der Waals surface area contributed by atoms with Crippen LogP contribution in [-0.4, -0.2) is 45.1 Å². The van der Waals surface area contributed by atoms with Crippen LogP contribution in [0.2, 0.25) is 0 Å². The third kappa shape index (κ3) is 3.88. The van der Waals surface area contributed by atoms with Crippen molar-refractivity contribution >= 4 is 17.6 Å². The van der Waals surface area contributed by atoms with E-state index >= 15 is 0 Å². The second-order valence-corrected chi connectivity index (χ2v) is 7.16. The molecule has 1 aliphatic rings. The van der Waals surface area contributed by atoms with Crippen molar-refractivity contribution in [1.82, 2.24) is 25.5 Å². The molecule has 3 heterocycles. The highest BCUT2D eigenvalue weighted by molar-refractivity contribution is 6.01. The van der Waals surface area contributed by atoms with Gasteiger partial charge in [0.15, 0.2) is 5.82 Å². The lowest BCUT2D eigenvalue weighted by Crippen LogP contribution is -2.50. The van der Waals surface area contributed by atoms with Gasteiger partial charge in [-0.05, 0) is 30.0 Å². The van der Waals surface area contributed by atoms with Crippen LogP contribution in [0.25, 0.3) is 0 Å². The van der Waals surface area contributed by atoms with Crippen LogP contribution in [0, 0.1) is 11.7 Å². The Labute approximate surface area is 171 Å². The van der Waals surface area contributed by atoms with Crippen LogP contribution in [0.15, 0.2) is 41.1 Å². The number of carbonyl (C=O) groups is 2. The molecule has 10 heteroatoms. The van der Waals surface area contributed by atoms with Crippen molar-refractivity contribution < 1.29 is 18.4 Å². The van der Waals surface area contributed by atoms with E-state index < -0.39 is 11.9 Å². The van der Waals surface area contributed by atoms with E-state index in [1.165, 1.54) is 23.2 Å². The fraction of sp³-hybridized carbons (Fsp3) is 0.300. The molecule has 0 saturated carbocycles. The molecular weight excluding hydrogens is 391 g/mol. The monoisotopic (exact) mass is 410 g/mol. The summed E-state index contributed by atoms with van der Waals surface area (Å²) in [7, 11) is 1.60. The quantitative estimate of drug-likeness (QED) is 0.694. The zero-order valence-electron chi connectivity index (χ0n) is 16.4. The van der Waals surface area contributed by atoms with E-state index in [1.54, 1.807) is 25.4 Å². The number of nitrogens with one attached hydrogen (secondary N) is 1. The number of carbonyl (C=O) groups excluding carboxylic acids is 2. The average molecular weight is 410 g/mol. The highest BCUT2D eigenvalue weighted by atomic mass is 19.1. The number of likely N-dealkylation sites (N-methyl/N-ethyl adjacent to an activating group) is 1. The maximum absolute atomic E-state index is 13.0. The standard InChI is InChI=1S/C20H19FN6O3/c1-11-9-14-17(23-8-7-22-14)27(2)20(29)16(11)24-18(28)19-26-25-15(30-19)10-12-3-5-13(21)6-4-12/h3-8,11,16H,9-10H2,1-2H3,(H,24,28)/t11-,16-/m1/s1. The first-order chi connectivity index (χ1) is 14.4. The molecule has 0 spiro atoms. The number of rotatable bonds is 4. The molecule has 3 aromatic rings. The molecule has 0 aliphatic carbocycles. The molecule has 1 N–H and O–H groups in total. The summed E-state index contributed by atoms with van der Waals surface area (Å²) >= 11 is 0. The Kier molecular flexibility index (Phi) is 5.21. The van der Waals surface area contributed by atoms with Gasteiger partial charge in [-0.3, -0.25) is 19.5 Å². The number of aromatic nitrogens is 4. The molecule has 154 valence electrons. The van der Waals surface area contributed by atoms with Crippen LogP contribution in [-0.2, 0) is 17.6 Å². The fourth-order valence-electron chi connectivity index (χ4n) is 3.36. The van der Waals surface area contributed by atoms with Gasteiger partial charge >= 0.3 is 11.8 Å². The highest BCUT2D eigenvalue weighted by Gasteiger charge is 2.36. The lowest BCUT2D eigenvalue weighted by Gasteiger charge is -2.23. The minimum atomic E-state index is -0.800. The molecule has 2 aromatic heterocycles. The number of anilines is 1. The van der Waals surface area contributed by atoms with E-state index in [2.05, 4.69) is 25.5 Å². The number of amides is 2.